The number of hydrogen-bond acceptors (Lipinski definition) is 3. The molecule has 0 saturated heterocycles. The normalized spacial score (nSPS) is 16.7. The third-order valence-corrected chi connectivity index (χ3v) is 3.19. The van der Waals surface area contributed by atoms with Crippen molar-refractivity contribution in [3.05, 3.63) is 17.3 Å². The first-order chi connectivity index (χ1) is 7.35. The topological polar surface area (TPSA) is 52.0 Å². The molecule has 0 amide bonds. The van der Waals surface area contributed by atoms with Gasteiger partial charge in [-0.1, -0.05) is 13.3 Å². The smallest absolute Gasteiger partial charge is 0.197 e. The largest absolute Gasteiger partial charge is 0.445 e. The van der Waals surface area contributed by atoms with Crippen molar-refractivity contribution in [2.75, 3.05) is 6.54 Å². The van der Waals surface area contributed by atoms with Crippen LogP contribution in [0.25, 0.3) is 0 Å². The molecule has 0 atom stereocenters. The van der Waals surface area contributed by atoms with E-state index >= 15 is 0 Å². The van der Waals surface area contributed by atoms with Gasteiger partial charge < -0.3 is 10.2 Å². The van der Waals surface area contributed by atoms with Crippen LogP contribution in [-0.2, 0) is 12.8 Å². The number of nitrogens with two attached hydrogens (primary N) is 1. The van der Waals surface area contributed by atoms with Gasteiger partial charge in [-0.3, -0.25) is 0 Å². The van der Waals surface area contributed by atoms with Crippen LogP contribution in [0.1, 0.15) is 55.9 Å². The zero-order valence-corrected chi connectivity index (χ0v) is 9.46. The molecule has 84 valence electrons. The maximum Gasteiger partial charge on any atom is 0.197 e. The molecule has 3 heteroatoms. The Hall–Kier alpha value is -0.830. The quantitative estimate of drug-likeness (QED) is 0.808. The van der Waals surface area contributed by atoms with Crippen molar-refractivity contribution in [2.24, 2.45) is 5.73 Å². The molecule has 1 aromatic rings. The fourth-order valence-corrected chi connectivity index (χ4v) is 1.97. The van der Waals surface area contributed by atoms with Gasteiger partial charge in [-0.25, -0.2) is 4.98 Å². The second-order valence-corrected chi connectivity index (χ2v) is 4.30. The highest BCUT2D eigenvalue weighted by Crippen LogP contribution is 2.36. The molecule has 1 fully saturated rings. The van der Waals surface area contributed by atoms with Crippen molar-refractivity contribution in [1.29, 1.82) is 0 Å². The number of rotatable bonds is 5. The summed E-state index contributed by atoms with van der Waals surface area (Å²) in [6.45, 7) is 2.86. The zero-order valence-electron chi connectivity index (χ0n) is 9.46. The SMILES string of the molecule is CCc1nc(C2CCC2)oc1CCCN. The first-order valence-electron chi connectivity index (χ1n) is 6.03. The number of nitrogens with zero attached hydrogens (tertiary/aromatic N) is 1. The summed E-state index contributed by atoms with van der Waals surface area (Å²) in [5.41, 5.74) is 6.65. The first-order valence-corrected chi connectivity index (χ1v) is 6.03. The lowest BCUT2D eigenvalue weighted by molar-refractivity contribution is 0.324. The van der Waals surface area contributed by atoms with Crippen LogP contribution in [-0.4, -0.2) is 11.5 Å². The van der Waals surface area contributed by atoms with Crippen LogP contribution in [0.3, 0.4) is 0 Å². The number of hydrogen-bond donors (Lipinski definition) is 1. The van der Waals surface area contributed by atoms with E-state index in [4.69, 9.17) is 10.2 Å². The van der Waals surface area contributed by atoms with Crippen molar-refractivity contribution in [1.82, 2.24) is 4.98 Å². The lowest BCUT2D eigenvalue weighted by Crippen LogP contribution is -2.08. The van der Waals surface area contributed by atoms with Crippen LogP contribution < -0.4 is 5.73 Å². The highest BCUT2D eigenvalue weighted by Gasteiger charge is 2.25. The molecule has 1 saturated carbocycles. The van der Waals surface area contributed by atoms with Gasteiger partial charge in [0.1, 0.15) is 5.76 Å². The van der Waals surface area contributed by atoms with Gasteiger partial charge in [0.05, 0.1) is 5.69 Å². The minimum atomic E-state index is 0.599. The van der Waals surface area contributed by atoms with Crippen LogP contribution in [0.4, 0.5) is 0 Å². The average molecular weight is 208 g/mol. The highest BCUT2D eigenvalue weighted by atomic mass is 16.4. The monoisotopic (exact) mass is 208 g/mol. The number of aromatic nitrogens is 1. The fraction of sp³-hybridized carbons (Fsp3) is 0.750. The van der Waals surface area contributed by atoms with E-state index in [9.17, 15) is 0 Å². The van der Waals surface area contributed by atoms with E-state index in [2.05, 4.69) is 11.9 Å². The molecule has 2 rings (SSSR count). The predicted octanol–water partition coefficient (Wildman–Crippen LogP) is 2.40. The lowest BCUT2D eigenvalue weighted by atomic mass is 9.85. The third kappa shape index (κ3) is 2.23. The van der Waals surface area contributed by atoms with E-state index in [0.29, 0.717) is 5.92 Å². The summed E-state index contributed by atoms with van der Waals surface area (Å²) in [5.74, 6) is 2.65. The van der Waals surface area contributed by atoms with Crippen molar-refractivity contribution in [3.63, 3.8) is 0 Å². The average Bonchev–Trinajstić information content (AvgIpc) is 2.55. The zero-order chi connectivity index (χ0) is 10.7. The van der Waals surface area contributed by atoms with Crippen molar-refractivity contribution in [3.8, 4) is 0 Å². The van der Waals surface area contributed by atoms with Crippen molar-refractivity contribution in [2.45, 2.75) is 51.4 Å². The lowest BCUT2D eigenvalue weighted by Gasteiger charge is -2.21. The van der Waals surface area contributed by atoms with Gasteiger partial charge in [0.25, 0.3) is 0 Å². The summed E-state index contributed by atoms with van der Waals surface area (Å²) >= 11 is 0. The van der Waals surface area contributed by atoms with Gasteiger partial charge in [0.15, 0.2) is 5.89 Å². The molecule has 15 heavy (non-hydrogen) atoms. The summed E-state index contributed by atoms with van der Waals surface area (Å²) in [6.07, 6.45) is 6.73. The Labute approximate surface area is 91.1 Å². The highest BCUT2D eigenvalue weighted by molar-refractivity contribution is 5.13. The molecular weight excluding hydrogens is 188 g/mol. The molecule has 0 bridgehead atoms. The summed E-state index contributed by atoms with van der Waals surface area (Å²) in [7, 11) is 0. The molecule has 0 aromatic carbocycles. The van der Waals surface area contributed by atoms with Gasteiger partial charge in [-0.2, -0.15) is 0 Å². The number of aryl methyl sites for hydroxylation is 2. The molecular formula is C12H20N2O. The first kappa shape index (κ1) is 10.7. The van der Waals surface area contributed by atoms with Gasteiger partial charge in [-0.05, 0) is 32.2 Å². The molecule has 1 aliphatic rings. The molecule has 3 nitrogen and oxygen atoms in total. The van der Waals surface area contributed by atoms with Gasteiger partial charge in [0, 0.05) is 12.3 Å². The summed E-state index contributed by atoms with van der Waals surface area (Å²) in [5, 5.41) is 0. The predicted molar refractivity (Wildman–Crippen MR) is 59.8 cm³/mol. The Kier molecular flexibility index (Phi) is 3.41. The number of oxazole rings is 1. The summed E-state index contributed by atoms with van der Waals surface area (Å²) in [4.78, 5) is 4.60. The molecule has 0 aliphatic heterocycles. The Bertz CT molecular complexity index is 315. The molecule has 0 unspecified atom stereocenters. The second kappa shape index (κ2) is 4.79. The van der Waals surface area contributed by atoms with Crippen LogP contribution in [0.2, 0.25) is 0 Å². The van der Waals surface area contributed by atoms with E-state index in [0.717, 1.165) is 43.2 Å². The molecule has 0 spiro atoms. The Morgan fingerprint density at radius 3 is 2.80 bits per heavy atom. The van der Waals surface area contributed by atoms with Crippen LogP contribution in [0.15, 0.2) is 4.42 Å². The maximum atomic E-state index is 5.85. The van der Waals surface area contributed by atoms with Crippen LogP contribution >= 0.6 is 0 Å². The standard InChI is InChI=1S/C12H20N2O/c1-2-10-11(7-4-8-13)15-12(14-10)9-5-3-6-9/h9H,2-8,13H2,1H3. The van der Waals surface area contributed by atoms with Crippen molar-refractivity contribution < 1.29 is 4.42 Å². The molecule has 0 radical (unpaired) electrons. The van der Waals surface area contributed by atoms with Gasteiger partial charge >= 0.3 is 0 Å². The Morgan fingerprint density at radius 2 is 2.27 bits per heavy atom. The van der Waals surface area contributed by atoms with E-state index < -0.39 is 0 Å². The molecule has 1 heterocycles. The second-order valence-electron chi connectivity index (χ2n) is 4.30. The Morgan fingerprint density at radius 1 is 1.47 bits per heavy atom. The van der Waals surface area contributed by atoms with Crippen molar-refractivity contribution >= 4 is 0 Å². The molecule has 1 aromatic heterocycles. The molecule has 1 aliphatic carbocycles. The summed E-state index contributed by atoms with van der Waals surface area (Å²) in [6, 6.07) is 0. The summed E-state index contributed by atoms with van der Waals surface area (Å²) < 4.78 is 5.85. The van der Waals surface area contributed by atoms with Crippen LogP contribution in [0.5, 0.6) is 0 Å². The minimum Gasteiger partial charge on any atom is -0.445 e. The third-order valence-electron chi connectivity index (χ3n) is 3.19. The van der Waals surface area contributed by atoms with E-state index in [1.807, 2.05) is 0 Å². The van der Waals surface area contributed by atoms with E-state index in [-0.39, 0.29) is 0 Å². The van der Waals surface area contributed by atoms with Gasteiger partial charge in [-0.15, -0.1) is 0 Å². The van der Waals surface area contributed by atoms with Crippen LogP contribution in [0, 0.1) is 0 Å². The fourth-order valence-electron chi connectivity index (χ4n) is 1.97. The Balaban J connectivity index is 2.09. The minimum absolute atomic E-state index is 0.599. The maximum absolute atomic E-state index is 5.85. The molecule has 2 N–H and O–H groups in total. The van der Waals surface area contributed by atoms with Gasteiger partial charge in [0.2, 0.25) is 0 Å². The van der Waals surface area contributed by atoms with E-state index in [1.54, 1.807) is 0 Å². The van der Waals surface area contributed by atoms with E-state index in [1.165, 1.54) is 19.3 Å².